The summed E-state index contributed by atoms with van der Waals surface area (Å²) >= 11 is 0. The van der Waals surface area contributed by atoms with E-state index in [0.717, 1.165) is 0 Å². The van der Waals surface area contributed by atoms with Crippen molar-refractivity contribution in [1.29, 1.82) is 0 Å². The monoisotopic (exact) mass is 634 g/mol. The maximum Gasteiger partial charge on any atom is 0.466 e. The van der Waals surface area contributed by atoms with Crippen LogP contribution < -0.4 is 11.2 Å². The molecule has 1 fully saturated rings. The van der Waals surface area contributed by atoms with Gasteiger partial charge in [0.2, 0.25) is 0 Å². The Morgan fingerprint density at radius 3 is 1.43 bits per heavy atom. The number of H-pyrrole nitrogens is 1. The van der Waals surface area contributed by atoms with Gasteiger partial charge in [0.15, 0.2) is 0 Å². The van der Waals surface area contributed by atoms with Gasteiger partial charge in [-0.3, -0.25) is 14.3 Å². The zero-order valence-corrected chi connectivity index (χ0v) is 21.7. The van der Waals surface area contributed by atoms with Crippen molar-refractivity contribution >= 4 is 31.3 Å². The maximum absolute atomic E-state index is 11.6. The normalized spacial score (nSPS) is 19.5. The van der Waals surface area contributed by atoms with Gasteiger partial charge in [0.25, 0.3) is 5.56 Å². The second kappa shape index (κ2) is 16.9. The van der Waals surface area contributed by atoms with Crippen LogP contribution in [0, 0.1) is 6.92 Å². The van der Waals surface area contributed by atoms with Gasteiger partial charge in [-0.2, -0.15) is 0 Å². The van der Waals surface area contributed by atoms with Crippen LogP contribution in [0.15, 0.2) is 15.8 Å². The number of phosphoric acid groups is 4. The van der Waals surface area contributed by atoms with Crippen LogP contribution in [-0.4, -0.2) is 97.3 Å². The number of nitrogens with zero attached hydrogens (tertiary/aromatic N) is 1. The second-order valence-corrected chi connectivity index (χ2v) is 10.3. The average Bonchev–Trinajstić information content (AvgIpc) is 2.92. The molecule has 23 nitrogen and oxygen atoms in total. The minimum absolute atomic E-state index is 0.205. The summed E-state index contributed by atoms with van der Waals surface area (Å²) in [5, 5.41) is 18.5. The van der Waals surface area contributed by atoms with Crippen LogP contribution in [0.2, 0.25) is 0 Å². The summed E-state index contributed by atoms with van der Waals surface area (Å²) in [4.78, 5) is 111. The number of aliphatic hydroxyl groups is 2. The lowest BCUT2D eigenvalue weighted by atomic mass is 10.2. The van der Waals surface area contributed by atoms with Crippen molar-refractivity contribution in [3.05, 3.63) is 32.6 Å². The van der Waals surface area contributed by atoms with Crippen LogP contribution in [0.5, 0.6) is 0 Å². The smallest absolute Gasteiger partial charge is 0.394 e. The Labute approximate surface area is 204 Å². The summed E-state index contributed by atoms with van der Waals surface area (Å²) in [5.74, 6) is 0. The largest absolute Gasteiger partial charge is 0.466 e. The first-order valence-corrected chi connectivity index (χ1v) is 14.7. The van der Waals surface area contributed by atoms with E-state index >= 15 is 0 Å². The molecule has 3 atom stereocenters. The van der Waals surface area contributed by atoms with Gasteiger partial charge in [0.1, 0.15) is 12.3 Å². The van der Waals surface area contributed by atoms with E-state index in [1.807, 2.05) is 0 Å². The molecule has 222 valence electrons. The van der Waals surface area contributed by atoms with Crippen molar-refractivity contribution in [2.24, 2.45) is 0 Å². The highest BCUT2D eigenvalue weighted by molar-refractivity contribution is 7.45. The minimum Gasteiger partial charge on any atom is -0.394 e. The van der Waals surface area contributed by atoms with Crippen LogP contribution in [0.25, 0.3) is 0 Å². The summed E-state index contributed by atoms with van der Waals surface area (Å²) in [6.07, 6.45) is -0.581. The van der Waals surface area contributed by atoms with Gasteiger partial charge in [-0.15, -0.1) is 0 Å². The van der Waals surface area contributed by atoms with Crippen LogP contribution in [0.1, 0.15) is 18.2 Å². The molecule has 0 bridgehead atoms. The van der Waals surface area contributed by atoms with E-state index in [1.165, 1.54) is 10.8 Å². The lowest BCUT2D eigenvalue weighted by molar-refractivity contribution is -0.0459. The Morgan fingerprint density at radius 1 is 0.838 bits per heavy atom. The van der Waals surface area contributed by atoms with Crippen LogP contribution in [-0.2, 0) is 23.0 Å². The van der Waals surface area contributed by atoms with Crippen molar-refractivity contribution in [1.82, 2.24) is 9.55 Å². The fourth-order valence-electron chi connectivity index (χ4n) is 1.85. The molecule has 27 heteroatoms. The lowest BCUT2D eigenvalue weighted by Gasteiger charge is -2.14. The van der Waals surface area contributed by atoms with Crippen molar-refractivity contribution < 1.29 is 91.9 Å². The molecule has 15 N–H and O–H groups in total. The van der Waals surface area contributed by atoms with Crippen molar-refractivity contribution in [2.45, 2.75) is 31.8 Å². The number of hydrogen-bond donors (Lipinski definition) is 15. The molecule has 1 aliphatic heterocycles. The van der Waals surface area contributed by atoms with Crippen LogP contribution in [0.4, 0.5) is 0 Å². The van der Waals surface area contributed by atoms with Gasteiger partial charge in [0, 0.05) is 18.2 Å². The van der Waals surface area contributed by atoms with Crippen molar-refractivity contribution in [3.8, 4) is 0 Å². The first-order chi connectivity index (χ1) is 16.0. The third kappa shape index (κ3) is 35.0. The molecule has 0 aromatic carbocycles. The third-order valence-electron chi connectivity index (χ3n) is 2.84. The fourth-order valence-corrected chi connectivity index (χ4v) is 1.85. The van der Waals surface area contributed by atoms with E-state index < -0.39 is 61.0 Å². The van der Waals surface area contributed by atoms with Crippen molar-refractivity contribution in [3.63, 3.8) is 0 Å². The quantitative estimate of drug-likeness (QED) is 0.135. The molecule has 0 unspecified atom stereocenters. The molecule has 0 spiro atoms. The molecule has 1 aromatic heterocycles. The van der Waals surface area contributed by atoms with E-state index in [0.29, 0.717) is 5.56 Å². The van der Waals surface area contributed by atoms with E-state index in [2.05, 4.69) is 4.98 Å². The zero-order valence-electron chi connectivity index (χ0n) is 18.1. The van der Waals surface area contributed by atoms with Crippen LogP contribution >= 0.6 is 31.3 Å². The van der Waals surface area contributed by atoms with Gasteiger partial charge in [-0.25, -0.2) is 23.1 Å². The summed E-state index contributed by atoms with van der Waals surface area (Å²) < 4.78 is 42.1. The summed E-state index contributed by atoms with van der Waals surface area (Å²) in [5.41, 5.74) is -0.643. The Bertz CT molecular complexity index is 994. The molecule has 2 rings (SSSR count). The summed E-state index contributed by atoms with van der Waals surface area (Å²) in [6.45, 7) is 1.26. The summed E-state index contributed by atoms with van der Waals surface area (Å²) in [6, 6.07) is 0. The van der Waals surface area contributed by atoms with E-state index in [1.54, 1.807) is 6.92 Å². The topological polar surface area (TPSA) is 416 Å². The van der Waals surface area contributed by atoms with Gasteiger partial charge in [-0.1, -0.05) is 0 Å². The third-order valence-corrected chi connectivity index (χ3v) is 2.84. The van der Waals surface area contributed by atoms with Crippen LogP contribution in [0.3, 0.4) is 0 Å². The van der Waals surface area contributed by atoms with Gasteiger partial charge in [-0.05, 0) is 6.92 Å². The number of aromatic nitrogens is 2. The van der Waals surface area contributed by atoms with Gasteiger partial charge >= 0.3 is 37.0 Å². The highest BCUT2D eigenvalue weighted by Crippen LogP contribution is 2.28. The van der Waals surface area contributed by atoms with Gasteiger partial charge in [0.05, 0.1) is 12.7 Å². The van der Waals surface area contributed by atoms with E-state index in [4.69, 9.17) is 86.8 Å². The zero-order chi connectivity index (χ0) is 30.6. The van der Waals surface area contributed by atoms with Gasteiger partial charge < -0.3 is 73.7 Å². The molecule has 37 heavy (non-hydrogen) atoms. The van der Waals surface area contributed by atoms with E-state index in [-0.39, 0.29) is 13.0 Å². The Hall–Kier alpha value is -1.00. The Morgan fingerprint density at radius 2 is 1.16 bits per heavy atom. The van der Waals surface area contributed by atoms with Crippen molar-refractivity contribution in [2.75, 3.05) is 6.61 Å². The number of aryl methyl sites for hydroxylation is 1. The predicted molar refractivity (Wildman–Crippen MR) is 115 cm³/mol. The number of hydrogen-bond acceptors (Lipinski definition) is 9. The molecule has 1 aromatic rings. The second-order valence-electron chi connectivity index (χ2n) is 6.15. The number of ether oxygens (including phenoxy) is 1. The highest BCUT2D eigenvalue weighted by atomic mass is 31.2. The SMILES string of the molecule is Cc1cn([C@H]2C[C@H](O)[C@@H](CO)O2)c(=O)[nH]c1=O.O=P(O)(O)O.O=P(O)(O)O.O=P(O)(O)O.O=P(O)(O)O. The lowest BCUT2D eigenvalue weighted by Crippen LogP contribution is -2.33. The van der Waals surface area contributed by atoms with E-state index in [9.17, 15) is 14.7 Å². The molecule has 0 amide bonds. The Kier molecular flexibility index (Phi) is 18.4. The molecule has 0 saturated carbocycles. The number of aromatic amines is 1. The predicted octanol–water partition coefficient (Wildman–Crippen LogP) is -5.23. The Balaban J connectivity index is -0.000000476. The molecular formula is C10H26N2O21P4. The molecule has 2 heterocycles. The number of rotatable bonds is 2. The maximum atomic E-state index is 11.6. The fraction of sp³-hybridized carbons (Fsp3) is 0.600. The molecule has 1 saturated heterocycles. The molecule has 0 aliphatic carbocycles. The molecular weight excluding hydrogens is 608 g/mol. The molecule has 1 aliphatic rings. The highest BCUT2D eigenvalue weighted by Gasteiger charge is 2.34. The standard InChI is InChI=1S/C10H14N2O5.4H3O4P/c1-5-3-12(10(16)11-9(5)15)8-2-6(14)7(4-13)17-8;4*1-5(2,3)4/h3,6-8,13-14H,2,4H2,1H3,(H,11,15,16);4*(H3,1,2,3,4)/t6-,7+,8+;;;;/m0..../s1. The first kappa shape index (κ1) is 40.5. The molecule has 0 radical (unpaired) electrons. The average molecular weight is 634 g/mol. The summed E-state index contributed by atoms with van der Waals surface area (Å²) in [7, 11) is -18.6. The first-order valence-electron chi connectivity index (χ1n) is 8.42. The minimum atomic E-state index is -4.64. The number of aliphatic hydroxyl groups excluding tert-OH is 2. The number of nitrogens with one attached hydrogen (secondary N) is 1.